The van der Waals surface area contributed by atoms with E-state index >= 15 is 0 Å². The number of carbonyl (C=O) groups is 2. The van der Waals surface area contributed by atoms with Gasteiger partial charge in [-0.3, -0.25) is 9.59 Å². The van der Waals surface area contributed by atoms with Crippen LogP contribution in [-0.4, -0.2) is 36.1 Å². The van der Waals surface area contributed by atoms with Gasteiger partial charge in [0.1, 0.15) is 5.75 Å². The molecule has 2 aliphatic heterocycles. The third kappa shape index (κ3) is 4.59. The molecule has 1 atom stereocenters. The summed E-state index contributed by atoms with van der Waals surface area (Å²) < 4.78 is 5.19. The van der Waals surface area contributed by atoms with Gasteiger partial charge in [0.15, 0.2) is 0 Å². The standard InChI is InChI=1S/C24H23N3O3S/c1-30-19-8-6-17(7-9-19)20-12-22(28)26-24(21(20)13-25)31-15-23(29)27-11-10-16-4-2-3-5-18(16)14-27/h2-9,20H,10-12,14-15H2,1H3,(H,26,28)/t20-/m1/s1. The maximum absolute atomic E-state index is 12.8. The van der Waals surface area contributed by atoms with Crippen molar-refractivity contribution in [3.05, 3.63) is 75.8 Å². The van der Waals surface area contributed by atoms with Crippen molar-refractivity contribution in [3.8, 4) is 11.8 Å². The first-order valence-corrected chi connectivity index (χ1v) is 11.1. The number of benzene rings is 2. The zero-order chi connectivity index (χ0) is 21.8. The molecule has 0 unspecified atom stereocenters. The van der Waals surface area contributed by atoms with Gasteiger partial charge in [-0.15, -0.1) is 0 Å². The molecule has 0 fully saturated rings. The van der Waals surface area contributed by atoms with Crippen molar-refractivity contribution in [1.29, 1.82) is 5.26 Å². The number of methoxy groups -OCH3 is 1. The Labute approximate surface area is 185 Å². The predicted octanol–water partition coefficient (Wildman–Crippen LogP) is 3.35. The van der Waals surface area contributed by atoms with Crippen molar-refractivity contribution in [3.63, 3.8) is 0 Å². The number of ether oxygens (including phenoxy) is 1. The van der Waals surface area contributed by atoms with Gasteiger partial charge in [-0.25, -0.2) is 0 Å². The van der Waals surface area contributed by atoms with E-state index in [0.717, 1.165) is 17.7 Å². The fourth-order valence-corrected chi connectivity index (χ4v) is 4.97. The Kier molecular flexibility index (Phi) is 6.28. The van der Waals surface area contributed by atoms with E-state index in [4.69, 9.17) is 4.74 Å². The Morgan fingerprint density at radius 3 is 2.68 bits per heavy atom. The lowest BCUT2D eigenvalue weighted by Crippen LogP contribution is -2.37. The summed E-state index contributed by atoms with van der Waals surface area (Å²) in [4.78, 5) is 27.0. The molecule has 2 heterocycles. The minimum absolute atomic E-state index is 0.00473. The molecule has 0 spiro atoms. The Hall–Kier alpha value is -3.24. The first-order valence-electron chi connectivity index (χ1n) is 10.1. The normalized spacial score (nSPS) is 18.1. The summed E-state index contributed by atoms with van der Waals surface area (Å²) in [7, 11) is 1.59. The van der Waals surface area contributed by atoms with E-state index in [1.165, 1.54) is 22.9 Å². The van der Waals surface area contributed by atoms with E-state index in [9.17, 15) is 14.9 Å². The fraction of sp³-hybridized carbons (Fsp3) is 0.292. The minimum Gasteiger partial charge on any atom is -0.497 e. The maximum atomic E-state index is 12.8. The minimum atomic E-state index is -0.330. The molecular weight excluding hydrogens is 410 g/mol. The topological polar surface area (TPSA) is 82.4 Å². The predicted molar refractivity (Wildman–Crippen MR) is 119 cm³/mol. The maximum Gasteiger partial charge on any atom is 0.233 e. The highest BCUT2D eigenvalue weighted by molar-refractivity contribution is 8.03. The molecule has 0 saturated heterocycles. The number of nitriles is 1. The van der Waals surface area contributed by atoms with E-state index < -0.39 is 0 Å². The summed E-state index contributed by atoms with van der Waals surface area (Å²) in [5.41, 5.74) is 3.83. The first kappa shape index (κ1) is 21.0. The molecule has 6 nitrogen and oxygen atoms in total. The second-order valence-corrected chi connectivity index (χ2v) is 8.54. The SMILES string of the molecule is COc1ccc([C@H]2CC(=O)NC(SCC(=O)N3CCc4ccccc4C3)=C2C#N)cc1. The number of hydrogen-bond acceptors (Lipinski definition) is 5. The molecule has 0 radical (unpaired) electrons. The average molecular weight is 434 g/mol. The van der Waals surface area contributed by atoms with Crippen molar-refractivity contribution in [1.82, 2.24) is 10.2 Å². The number of nitrogens with one attached hydrogen (secondary N) is 1. The van der Waals surface area contributed by atoms with Crippen LogP contribution >= 0.6 is 11.8 Å². The lowest BCUT2D eigenvalue weighted by molar-refractivity contribution is -0.129. The van der Waals surface area contributed by atoms with Crippen LogP contribution in [0.1, 0.15) is 29.0 Å². The number of allylic oxidation sites excluding steroid dienone is 1. The van der Waals surface area contributed by atoms with Gasteiger partial charge in [0.25, 0.3) is 0 Å². The van der Waals surface area contributed by atoms with Crippen LogP contribution in [0.2, 0.25) is 0 Å². The number of fused-ring (bicyclic) bond motifs is 1. The van der Waals surface area contributed by atoms with Crippen molar-refractivity contribution >= 4 is 23.6 Å². The van der Waals surface area contributed by atoms with E-state index in [1.807, 2.05) is 41.3 Å². The summed E-state index contributed by atoms with van der Waals surface area (Å²) >= 11 is 1.23. The van der Waals surface area contributed by atoms with E-state index in [-0.39, 0.29) is 29.9 Å². The number of hydrogen-bond donors (Lipinski definition) is 1. The van der Waals surface area contributed by atoms with Crippen molar-refractivity contribution in [2.45, 2.75) is 25.3 Å². The zero-order valence-corrected chi connectivity index (χ0v) is 18.1. The van der Waals surface area contributed by atoms with Crippen LogP contribution in [0.15, 0.2) is 59.1 Å². The smallest absolute Gasteiger partial charge is 0.233 e. The third-order valence-electron chi connectivity index (χ3n) is 5.70. The molecule has 0 saturated carbocycles. The molecule has 158 valence electrons. The summed E-state index contributed by atoms with van der Waals surface area (Å²) in [5.74, 6) is 0.420. The van der Waals surface area contributed by atoms with Gasteiger partial charge in [-0.2, -0.15) is 5.26 Å². The van der Waals surface area contributed by atoms with Crippen LogP contribution in [0.3, 0.4) is 0 Å². The fourth-order valence-electron chi connectivity index (χ4n) is 3.99. The molecule has 7 heteroatoms. The number of thioether (sulfide) groups is 1. The van der Waals surface area contributed by atoms with Gasteiger partial charge in [0, 0.05) is 25.4 Å². The van der Waals surface area contributed by atoms with E-state index in [0.29, 0.717) is 23.7 Å². The van der Waals surface area contributed by atoms with Crippen LogP contribution in [0.25, 0.3) is 0 Å². The van der Waals surface area contributed by atoms with Crippen molar-refractivity contribution < 1.29 is 14.3 Å². The Bertz CT molecular complexity index is 1070. The Morgan fingerprint density at radius 2 is 1.97 bits per heavy atom. The molecule has 4 rings (SSSR count). The molecule has 0 bridgehead atoms. The molecule has 2 aliphatic rings. The summed E-state index contributed by atoms with van der Waals surface area (Å²) in [6.45, 7) is 1.28. The zero-order valence-electron chi connectivity index (χ0n) is 17.3. The van der Waals surface area contributed by atoms with Crippen molar-refractivity contribution in [2.75, 3.05) is 19.4 Å². The number of amides is 2. The Balaban J connectivity index is 1.48. The van der Waals surface area contributed by atoms with Gasteiger partial charge in [-0.1, -0.05) is 48.2 Å². The van der Waals surface area contributed by atoms with Gasteiger partial charge in [0.05, 0.1) is 29.5 Å². The summed E-state index contributed by atoms with van der Waals surface area (Å²) in [6.07, 6.45) is 1.05. The van der Waals surface area contributed by atoms with Gasteiger partial charge in [0.2, 0.25) is 11.8 Å². The second-order valence-electron chi connectivity index (χ2n) is 7.56. The lowest BCUT2D eigenvalue weighted by Gasteiger charge is -2.29. The molecule has 2 aromatic carbocycles. The molecule has 0 aromatic heterocycles. The highest BCUT2D eigenvalue weighted by atomic mass is 32.2. The van der Waals surface area contributed by atoms with Crippen LogP contribution in [-0.2, 0) is 22.6 Å². The lowest BCUT2D eigenvalue weighted by atomic mass is 9.87. The molecule has 2 aromatic rings. The second kappa shape index (κ2) is 9.27. The number of rotatable bonds is 5. The Morgan fingerprint density at radius 1 is 1.23 bits per heavy atom. The quantitative estimate of drug-likeness (QED) is 0.782. The van der Waals surface area contributed by atoms with Crippen LogP contribution in [0.4, 0.5) is 0 Å². The molecule has 1 N–H and O–H groups in total. The monoisotopic (exact) mass is 433 g/mol. The van der Waals surface area contributed by atoms with E-state index in [2.05, 4.69) is 23.5 Å². The van der Waals surface area contributed by atoms with Crippen LogP contribution in [0.5, 0.6) is 5.75 Å². The molecule has 2 amide bonds. The third-order valence-corrected chi connectivity index (χ3v) is 6.70. The van der Waals surface area contributed by atoms with Crippen molar-refractivity contribution in [2.24, 2.45) is 0 Å². The van der Waals surface area contributed by atoms with Gasteiger partial charge < -0.3 is 15.0 Å². The van der Waals surface area contributed by atoms with Gasteiger partial charge >= 0.3 is 0 Å². The molecule has 0 aliphatic carbocycles. The summed E-state index contributed by atoms with van der Waals surface area (Å²) in [5, 5.41) is 13.1. The highest BCUT2D eigenvalue weighted by Gasteiger charge is 2.30. The van der Waals surface area contributed by atoms with Crippen LogP contribution < -0.4 is 10.1 Å². The molecule has 31 heavy (non-hydrogen) atoms. The average Bonchev–Trinajstić information content (AvgIpc) is 2.81. The van der Waals surface area contributed by atoms with Crippen LogP contribution in [0, 0.1) is 11.3 Å². The molecular formula is C24H23N3O3S. The largest absolute Gasteiger partial charge is 0.497 e. The highest BCUT2D eigenvalue weighted by Crippen LogP contribution is 2.36. The number of nitrogens with zero attached hydrogens (tertiary/aromatic N) is 2. The van der Waals surface area contributed by atoms with E-state index in [1.54, 1.807) is 7.11 Å². The van der Waals surface area contributed by atoms with Gasteiger partial charge in [-0.05, 0) is 35.2 Å². The first-order chi connectivity index (χ1) is 15.1. The summed E-state index contributed by atoms with van der Waals surface area (Å²) in [6, 6.07) is 17.8. The number of carbonyl (C=O) groups excluding carboxylic acids is 2.